The van der Waals surface area contributed by atoms with Crippen molar-refractivity contribution in [3.8, 4) is 5.75 Å². The molecule has 1 heterocycles. The molecule has 1 N–H and O–H groups in total. The van der Waals surface area contributed by atoms with Gasteiger partial charge in [0, 0.05) is 13.1 Å². The molecule has 22 heavy (non-hydrogen) atoms. The highest BCUT2D eigenvalue weighted by Crippen LogP contribution is 2.23. The highest BCUT2D eigenvalue weighted by atomic mass is 16.5. The molecule has 0 spiro atoms. The highest BCUT2D eigenvalue weighted by molar-refractivity contribution is 5.78. The number of aliphatic carboxylic acids is 1. The molecule has 1 aromatic carbocycles. The van der Waals surface area contributed by atoms with E-state index in [0.29, 0.717) is 25.9 Å². The zero-order valence-corrected chi connectivity index (χ0v) is 13.4. The van der Waals surface area contributed by atoms with Gasteiger partial charge in [-0.25, -0.2) is 0 Å². The summed E-state index contributed by atoms with van der Waals surface area (Å²) in [7, 11) is 0. The summed E-state index contributed by atoms with van der Waals surface area (Å²) < 4.78 is 5.68. The number of hydrogen-bond acceptors (Lipinski definition) is 3. The van der Waals surface area contributed by atoms with Crippen LogP contribution >= 0.6 is 0 Å². The van der Waals surface area contributed by atoms with E-state index in [1.807, 2.05) is 26.8 Å². The summed E-state index contributed by atoms with van der Waals surface area (Å²) in [5.74, 6) is -0.436. The molecular formula is C17H23NO4. The molecule has 0 atom stereocenters. The molecule has 120 valence electrons. The minimum atomic E-state index is -0.769. The van der Waals surface area contributed by atoms with Crippen LogP contribution in [0.3, 0.4) is 0 Å². The van der Waals surface area contributed by atoms with Crippen molar-refractivity contribution in [3.63, 3.8) is 0 Å². The summed E-state index contributed by atoms with van der Waals surface area (Å²) >= 11 is 0. The lowest BCUT2D eigenvalue weighted by Gasteiger charge is -2.30. The van der Waals surface area contributed by atoms with Crippen molar-refractivity contribution in [1.29, 1.82) is 0 Å². The van der Waals surface area contributed by atoms with Gasteiger partial charge in [0.2, 0.25) is 0 Å². The van der Waals surface area contributed by atoms with Crippen molar-refractivity contribution < 1.29 is 19.4 Å². The third kappa shape index (κ3) is 3.78. The first-order valence-electron chi connectivity index (χ1n) is 7.59. The molecule has 1 aromatic rings. The Balaban J connectivity index is 1.90. The maximum Gasteiger partial charge on any atom is 0.306 e. The third-order valence-corrected chi connectivity index (χ3v) is 4.31. The summed E-state index contributed by atoms with van der Waals surface area (Å²) in [5, 5.41) is 8.97. The predicted molar refractivity (Wildman–Crippen MR) is 83.1 cm³/mol. The van der Waals surface area contributed by atoms with Crippen LogP contribution in [-0.2, 0) is 9.59 Å². The average Bonchev–Trinajstić information content (AvgIpc) is 2.49. The van der Waals surface area contributed by atoms with Gasteiger partial charge in [-0.15, -0.1) is 0 Å². The Morgan fingerprint density at radius 2 is 1.86 bits per heavy atom. The van der Waals surface area contributed by atoms with E-state index in [1.165, 1.54) is 0 Å². The second-order valence-electron chi connectivity index (χ2n) is 5.99. The highest BCUT2D eigenvalue weighted by Gasteiger charge is 2.27. The number of carbonyl (C=O) groups is 2. The number of benzene rings is 1. The van der Waals surface area contributed by atoms with Gasteiger partial charge in [-0.2, -0.15) is 0 Å². The maximum atomic E-state index is 12.2. The predicted octanol–water partition coefficient (Wildman–Crippen LogP) is 2.31. The molecule has 5 heteroatoms. The van der Waals surface area contributed by atoms with Gasteiger partial charge >= 0.3 is 5.97 Å². The maximum absolute atomic E-state index is 12.2. The number of aryl methyl sites for hydroxylation is 2. The Morgan fingerprint density at radius 3 is 2.45 bits per heavy atom. The molecule has 1 aliphatic rings. The minimum Gasteiger partial charge on any atom is -0.483 e. The van der Waals surface area contributed by atoms with Gasteiger partial charge in [0.25, 0.3) is 5.91 Å². The van der Waals surface area contributed by atoms with Gasteiger partial charge in [0.05, 0.1) is 5.92 Å². The van der Waals surface area contributed by atoms with Crippen molar-refractivity contribution in [3.05, 3.63) is 28.8 Å². The summed E-state index contributed by atoms with van der Waals surface area (Å²) in [4.78, 5) is 24.8. The number of likely N-dealkylation sites (tertiary alicyclic amines) is 1. The molecule has 0 unspecified atom stereocenters. The van der Waals surface area contributed by atoms with Gasteiger partial charge in [-0.1, -0.05) is 6.07 Å². The normalized spacial score (nSPS) is 15.7. The molecule has 1 saturated heterocycles. The number of carboxylic acid groups (broad SMARTS) is 1. The molecule has 2 rings (SSSR count). The van der Waals surface area contributed by atoms with E-state index in [9.17, 15) is 9.59 Å². The second kappa shape index (κ2) is 6.81. The fourth-order valence-corrected chi connectivity index (χ4v) is 2.76. The van der Waals surface area contributed by atoms with Crippen molar-refractivity contribution >= 4 is 11.9 Å². The molecule has 0 aromatic heterocycles. The Labute approximate surface area is 130 Å². The minimum absolute atomic E-state index is 0.00146. The summed E-state index contributed by atoms with van der Waals surface area (Å²) in [6.45, 7) is 6.98. The average molecular weight is 305 g/mol. The largest absolute Gasteiger partial charge is 0.483 e. The molecule has 1 aliphatic heterocycles. The zero-order valence-electron chi connectivity index (χ0n) is 13.4. The van der Waals surface area contributed by atoms with E-state index in [2.05, 4.69) is 6.07 Å². The summed E-state index contributed by atoms with van der Waals surface area (Å²) in [5.41, 5.74) is 3.29. The lowest BCUT2D eigenvalue weighted by atomic mass is 9.97. The molecule has 0 radical (unpaired) electrons. The van der Waals surface area contributed by atoms with Crippen LogP contribution in [0.4, 0.5) is 0 Å². The second-order valence-corrected chi connectivity index (χ2v) is 5.99. The van der Waals surface area contributed by atoms with E-state index in [4.69, 9.17) is 9.84 Å². The molecule has 1 amide bonds. The Morgan fingerprint density at radius 1 is 1.23 bits per heavy atom. The van der Waals surface area contributed by atoms with Crippen LogP contribution in [0.15, 0.2) is 12.1 Å². The van der Waals surface area contributed by atoms with Crippen LogP contribution in [0.5, 0.6) is 5.75 Å². The number of carbonyl (C=O) groups excluding carboxylic acids is 1. The van der Waals surface area contributed by atoms with Crippen LogP contribution in [-0.4, -0.2) is 41.6 Å². The van der Waals surface area contributed by atoms with Crippen molar-refractivity contribution in [2.24, 2.45) is 5.92 Å². The van der Waals surface area contributed by atoms with E-state index in [1.54, 1.807) is 4.90 Å². The standard InChI is InChI=1S/C17H23NO4/c1-11-8-12(2)13(3)15(9-11)22-10-16(19)18-6-4-14(5-7-18)17(20)21/h8-9,14H,4-7,10H2,1-3H3,(H,20,21). The molecular weight excluding hydrogens is 282 g/mol. The van der Waals surface area contributed by atoms with Gasteiger partial charge < -0.3 is 14.7 Å². The van der Waals surface area contributed by atoms with E-state index >= 15 is 0 Å². The van der Waals surface area contributed by atoms with Crippen LogP contribution in [0.1, 0.15) is 29.5 Å². The first kappa shape index (κ1) is 16.3. The van der Waals surface area contributed by atoms with E-state index in [0.717, 1.165) is 22.4 Å². The first-order valence-corrected chi connectivity index (χ1v) is 7.59. The summed E-state index contributed by atoms with van der Waals surface area (Å²) in [6.07, 6.45) is 1.04. The molecule has 0 saturated carbocycles. The fourth-order valence-electron chi connectivity index (χ4n) is 2.76. The monoisotopic (exact) mass is 305 g/mol. The van der Waals surface area contributed by atoms with Gasteiger partial charge in [-0.05, 0) is 56.4 Å². The summed E-state index contributed by atoms with van der Waals surface area (Å²) in [6, 6.07) is 4.02. The number of carboxylic acids is 1. The van der Waals surface area contributed by atoms with Crippen molar-refractivity contribution in [2.75, 3.05) is 19.7 Å². The first-order chi connectivity index (χ1) is 10.4. The number of amides is 1. The Kier molecular flexibility index (Phi) is 5.06. The van der Waals surface area contributed by atoms with Crippen LogP contribution in [0.25, 0.3) is 0 Å². The van der Waals surface area contributed by atoms with Crippen LogP contribution in [0.2, 0.25) is 0 Å². The van der Waals surface area contributed by atoms with Crippen LogP contribution < -0.4 is 4.74 Å². The number of hydrogen-bond donors (Lipinski definition) is 1. The van der Waals surface area contributed by atoms with E-state index in [-0.39, 0.29) is 18.4 Å². The Bertz CT molecular complexity index is 574. The third-order valence-electron chi connectivity index (χ3n) is 4.31. The zero-order chi connectivity index (χ0) is 16.3. The van der Waals surface area contributed by atoms with Crippen molar-refractivity contribution in [1.82, 2.24) is 4.90 Å². The topological polar surface area (TPSA) is 66.8 Å². The number of rotatable bonds is 4. The van der Waals surface area contributed by atoms with Gasteiger partial charge in [-0.3, -0.25) is 9.59 Å². The SMILES string of the molecule is Cc1cc(C)c(C)c(OCC(=O)N2CCC(C(=O)O)CC2)c1. The fraction of sp³-hybridized carbons (Fsp3) is 0.529. The van der Waals surface area contributed by atoms with Gasteiger partial charge in [0.1, 0.15) is 5.75 Å². The lowest BCUT2D eigenvalue weighted by molar-refractivity contribution is -0.146. The van der Waals surface area contributed by atoms with Gasteiger partial charge in [0.15, 0.2) is 6.61 Å². The van der Waals surface area contributed by atoms with Crippen molar-refractivity contribution in [2.45, 2.75) is 33.6 Å². The smallest absolute Gasteiger partial charge is 0.306 e. The number of piperidine rings is 1. The quantitative estimate of drug-likeness (QED) is 0.927. The Hall–Kier alpha value is -2.04. The molecule has 0 bridgehead atoms. The number of nitrogens with zero attached hydrogens (tertiary/aromatic N) is 1. The lowest BCUT2D eigenvalue weighted by Crippen LogP contribution is -2.42. The molecule has 1 fully saturated rings. The van der Waals surface area contributed by atoms with E-state index < -0.39 is 5.97 Å². The number of ether oxygens (including phenoxy) is 1. The molecule has 5 nitrogen and oxygen atoms in total. The van der Waals surface area contributed by atoms with Crippen LogP contribution in [0, 0.1) is 26.7 Å². The molecule has 0 aliphatic carbocycles.